The second-order valence-electron chi connectivity index (χ2n) is 5.33. The van der Waals surface area contributed by atoms with Crippen LogP contribution in [0.2, 0.25) is 0 Å². The monoisotopic (exact) mass is 262 g/mol. The SMILES string of the molecule is C[C@H](NCc1cc(C#N)cs1)C1CCCCCC1. The van der Waals surface area contributed by atoms with E-state index in [-0.39, 0.29) is 0 Å². The highest BCUT2D eigenvalue weighted by Gasteiger charge is 2.18. The van der Waals surface area contributed by atoms with Gasteiger partial charge in [-0.1, -0.05) is 25.7 Å². The average Bonchev–Trinajstić information content (AvgIpc) is 2.68. The molecule has 1 aromatic heterocycles. The highest BCUT2D eigenvalue weighted by atomic mass is 32.1. The van der Waals surface area contributed by atoms with Crippen LogP contribution in [0.15, 0.2) is 11.4 Å². The van der Waals surface area contributed by atoms with Gasteiger partial charge in [-0.15, -0.1) is 11.3 Å². The molecule has 1 aromatic rings. The van der Waals surface area contributed by atoms with Gasteiger partial charge in [0.15, 0.2) is 0 Å². The first kappa shape index (κ1) is 13.6. The number of nitrogens with zero attached hydrogens (tertiary/aromatic N) is 1. The van der Waals surface area contributed by atoms with E-state index in [2.05, 4.69) is 18.3 Å². The van der Waals surface area contributed by atoms with E-state index in [9.17, 15) is 0 Å². The van der Waals surface area contributed by atoms with Crippen LogP contribution >= 0.6 is 11.3 Å². The zero-order valence-electron chi connectivity index (χ0n) is 11.1. The topological polar surface area (TPSA) is 35.8 Å². The van der Waals surface area contributed by atoms with Crippen LogP contribution in [0.4, 0.5) is 0 Å². The summed E-state index contributed by atoms with van der Waals surface area (Å²) in [5.41, 5.74) is 0.791. The number of nitriles is 1. The lowest BCUT2D eigenvalue weighted by atomic mass is 9.93. The van der Waals surface area contributed by atoms with Gasteiger partial charge < -0.3 is 5.32 Å². The Morgan fingerprint density at radius 1 is 1.39 bits per heavy atom. The van der Waals surface area contributed by atoms with Gasteiger partial charge in [0, 0.05) is 22.8 Å². The third-order valence-corrected chi connectivity index (χ3v) is 4.92. The van der Waals surface area contributed by atoms with E-state index in [0.29, 0.717) is 6.04 Å². The molecule has 1 N–H and O–H groups in total. The van der Waals surface area contributed by atoms with Crippen LogP contribution in [-0.2, 0) is 6.54 Å². The summed E-state index contributed by atoms with van der Waals surface area (Å²) in [5.74, 6) is 0.836. The zero-order chi connectivity index (χ0) is 12.8. The van der Waals surface area contributed by atoms with Gasteiger partial charge in [-0.2, -0.15) is 5.26 Å². The maximum Gasteiger partial charge on any atom is 0.100 e. The van der Waals surface area contributed by atoms with Crippen molar-refractivity contribution in [3.63, 3.8) is 0 Å². The second-order valence-corrected chi connectivity index (χ2v) is 6.33. The molecule has 0 spiro atoms. The van der Waals surface area contributed by atoms with Crippen molar-refractivity contribution in [3.8, 4) is 6.07 Å². The van der Waals surface area contributed by atoms with E-state index in [0.717, 1.165) is 18.0 Å². The smallest absolute Gasteiger partial charge is 0.100 e. The Hall–Kier alpha value is -0.850. The predicted molar refractivity (Wildman–Crippen MR) is 76.5 cm³/mol. The van der Waals surface area contributed by atoms with Crippen molar-refractivity contribution in [2.24, 2.45) is 5.92 Å². The molecule has 18 heavy (non-hydrogen) atoms. The molecule has 1 saturated carbocycles. The minimum atomic E-state index is 0.593. The molecular formula is C15H22N2S. The first-order chi connectivity index (χ1) is 8.79. The van der Waals surface area contributed by atoms with Crippen LogP contribution in [0.25, 0.3) is 0 Å². The van der Waals surface area contributed by atoms with Gasteiger partial charge in [-0.3, -0.25) is 0 Å². The van der Waals surface area contributed by atoms with Gasteiger partial charge in [-0.05, 0) is 31.7 Å². The first-order valence-electron chi connectivity index (χ1n) is 7.00. The fraction of sp³-hybridized carbons (Fsp3) is 0.667. The molecule has 2 nitrogen and oxygen atoms in total. The molecular weight excluding hydrogens is 240 g/mol. The molecule has 0 saturated heterocycles. The zero-order valence-corrected chi connectivity index (χ0v) is 11.9. The molecule has 0 amide bonds. The number of thiophene rings is 1. The molecule has 0 unspecified atom stereocenters. The van der Waals surface area contributed by atoms with Gasteiger partial charge in [0.05, 0.1) is 5.56 Å². The van der Waals surface area contributed by atoms with Crippen molar-refractivity contribution >= 4 is 11.3 Å². The molecule has 98 valence electrons. The Morgan fingerprint density at radius 3 is 2.72 bits per heavy atom. The van der Waals surface area contributed by atoms with Crippen molar-refractivity contribution in [2.75, 3.05) is 0 Å². The number of hydrogen-bond acceptors (Lipinski definition) is 3. The van der Waals surface area contributed by atoms with Crippen LogP contribution in [-0.4, -0.2) is 6.04 Å². The summed E-state index contributed by atoms with van der Waals surface area (Å²) in [4.78, 5) is 1.27. The van der Waals surface area contributed by atoms with Gasteiger partial charge in [0.2, 0.25) is 0 Å². The molecule has 3 heteroatoms. The standard InChI is InChI=1S/C15H22N2S/c1-12(14-6-4-2-3-5-7-14)17-10-15-8-13(9-16)11-18-15/h8,11-12,14,17H,2-7,10H2,1H3/t12-/m0/s1. The van der Waals surface area contributed by atoms with E-state index in [1.165, 1.54) is 43.4 Å². The highest BCUT2D eigenvalue weighted by molar-refractivity contribution is 7.10. The molecule has 1 aliphatic rings. The van der Waals surface area contributed by atoms with Crippen LogP contribution in [0.1, 0.15) is 55.9 Å². The van der Waals surface area contributed by atoms with Crippen molar-refractivity contribution < 1.29 is 0 Å². The van der Waals surface area contributed by atoms with Gasteiger partial charge in [0.25, 0.3) is 0 Å². The Balaban J connectivity index is 1.80. The summed E-state index contributed by atoms with van der Waals surface area (Å²) in [7, 11) is 0. The quantitative estimate of drug-likeness (QED) is 0.830. The summed E-state index contributed by atoms with van der Waals surface area (Å²) in [5, 5.41) is 14.4. The van der Waals surface area contributed by atoms with E-state index in [4.69, 9.17) is 5.26 Å². The number of hydrogen-bond donors (Lipinski definition) is 1. The molecule has 2 rings (SSSR count). The molecule has 1 aliphatic carbocycles. The van der Waals surface area contributed by atoms with Gasteiger partial charge in [0.1, 0.15) is 6.07 Å². The lowest BCUT2D eigenvalue weighted by Gasteiger charge is -2.23. The van der Waals surface area contributed by atoms with Crippen molar-refractivity contribution in [3.05, 3.63) is 21.9 Å². The summed E-state index contributed by atoms with van der Waals surface area (Å²) < 4.78 is 0. The summed E-state index contributed by atoms with van der Waals surface area (Å²) in [6.07, 6.45) is 8.38. The maximum absolute atomic E-state index is 8.80. The van der Waals surface area contributed by atoms with E-state index in [1.54, 1.807) is 11.3 Å². The molecule has 0 bridgehead atoms. The van der Waals surface area contributed by atoms with Crippen LogP contribution in [0.3, 0.4) is 0 Å². The number of rotatable bonds is 4. The predicted octanol–water partition coefficient (Wildman–Crippen LogP) is 4.07. The largest absolute Gasteiger partial charge is 0.309 e. The second kappa shape index (κ2) is 6.92. The number of nitrogens with one attached hydrogen (secondary N) is 1. The summed E-state index contributed by atoms with van der Waals surface area (Å²) >= 11 is 1.68. The molecule has 1 heterocycles. The van der Waals surface area contributed by atoms with Crippen LogP contribution in [0, 0.1) is 17.2 Å². The Bertz CT molecular complexity index is 397. The summed E-state index contributed by atoms with van der Waals surface area (Å²) in [6, 6.07) is 4.78. The van der Waals surface area contributed by atoms with E-state index >= 15 is 0 Å². The fourth-order valence-electron chi connectivity index (χ4n) is 2.77. The molecule has 0 radical (unpaired) electrons. The van der Waals surface area contributed by atoms with Gasteiger partial charge in [-0.25, -0.2) is 0 Å². The third kappa shape index (κ3) is 3.83. The lowest BCUT2D eigenvalue weighted by molar-refractivity contribution is 0.337. The van der Waals surface area contributed by atoms with Crippen molar-refractivity contribution in [2.45, 2.75) is 58.0 Å². The Morgan fingerprint density at radius 2 is 2.11 bits per heavy atom. The maximum atomic E-state index is 8.80. The highest BCUT2D eigenvalue weighted by Crippen LogP contribution is 2.25. The third-order valence-electron chi connectivity index (χ3n) is 3.99. The minimum Gasteiger partial charge on any atom is -0.309 e. The molecule has 1 atom stereocenters. The van der Waals surface area contributed by atoms with Crippen LogP contribution < -0.4 is 5.32 Å². The van der Waals surface area contributed by atoms with Crippen LogP contribution in [0.5, 0.6) is 0 Å². The molecule has 0 aromatic carbocycles. The van der Waals surface area contributed by atoms with Gasteiger partial charge >= 0.3 is 0 Å². The van der Waals surface area contributed by atoms with Crippen molar-refractivity contribution in [1.82, 2.24) is 5.32 Å². The average molecular weight is 262 g/mol. The lowest BCUT2D eigenvalue weighted by Crippen LogP contribution is -2.32. The van der Waals surface area contributed by atoms with E-state index < -0.39 is 0 Å². The molecule has 1 fully saturated rings. The Kier molecular flexibility index (Phi) is 5.22. The summed E-state index contributed by atoms with van der Waals surface area (Å²) in [6.45, 7) is 3.22. The normalized spacial score (nSPS) is 19.1. The fourth-order valence-corrected chi connectivity index (χ4v) is 3.53. The first-order valence-corrected chi connectivity index (χ1v) is 7.88. The Labute approximate surface area is 114 Å². The van der Waals surface area contributed by atoms with E-state index in [1.807, 2.05) is 11.4 Å². The molecule has 0 aliphatic heterocycles. The van der Waals surface area contributed by atoms with Crippen molar-refractivity contribution in [1.29, 1.82) is 5.26 Å². The minimum absolute atomic E-state index is 0.593.